The molecular formula is C23H22N4O2. The Morgan fingerprint density at radius 2 is 1.72 bits per heavy atom. The summed E-state index contributed by atoms with van der Waals surface area (Å²) < 4.78 is 11.3. The fourth-order valence-electron chi connectivity index (χ4n) is 3.00. The molecule has 2 aromatic heterocycles. The van der Waals surface area contributed by atoms with Crippen LogP contribution in [0, 0.1) is 6.92 Å². The van der Waals surface area contributed by atoms with Crippen molar-refractivity contribution in [3.63, 3.8) is 0 Å². The van der Waals surface area contributed by atoms with Crippen molar-refractivity contribution >= 4 is 16.7 Å². The second-order valence-electron chi connectivity index (χ2n) is 6.61. The van der Waals surface area contributed by atoms with Gasteiger partial charge in [0, 0.05) is 24.2 Å². The number of rotatable bonds is 7. The summed E-state index contributed by atoms with van der Waals surface area (Å²) in [5, 5.41) is 4.40. The van der Waals surface area contributed by atoms with Crippen molar-refractivity contribution in [3.05, 3.63) is 78.2 Å². The van der Waals surface area contributed by atoms with Crippen molar-refractivity contribution in [3.8, 4) is 17.4 Å². The molecule has 2 heterocycles. The Labute approximate surface area is 169 Å². The summed E-state index contributed by atoms with van der Waals surface area (Å²) in [4.78, 5) is 13.0. The largest absolute Gasteiger partial charge is 0.494 e. The van der Waals surface area contributed by atoms with Crippen LogP contribution in [-0.4, -0.2) is 21.6 Å². The van der Waals surface area contributed by atoms with Gasteiger partial charge in [0.15, 0.2) is 0 Å². The second kappa shape index (κ2) is 8.56. The van der Waals surface area contributed by atoms with Crippen LogP contribution in [0.2, 0.25) is 0 Å². The van der Waals surface area contributed by atoms with E-state index in [1.165, 1.54) is 5.56 Å². The lowest BCUT2D eigenvalue weighted by Crippen LogP contribution is -2.03. The molecule has 4 aromatic rings. The lowest BCUT2D eigenvalue weighted by Gasteiger charge is -2.10. The van der Waals surface area contributed by atoms with Gasteiger partial charge in [0.05, 0.1) is 12.1 Å². The lowest BCUT2D eigenvalue weighted by atomic mass is 10.1. The Kier molecular flexibility index (Phi) is 5.52. The van der Waals surface area contributed by atoms with Crippen LogP contribution in [0.5, 0.6) is 17.4 Å². The average Bonchev–Trinajstić information content (AvgIpc) is 2.74. The van der Waals surface area contributed by atoms with Crippen molar-refractivity contribution in [2.24, 2.45) is 0 Å². The number of fused-ring (bicyclic) bond motifs is 1. The Bertz CT molecular complexity index is 1110. The third-order valence-corrected chi connectivity index (χ3v) is 4.41. The van der Waals surface area contributed by atoms with Gasteiger partial charge >= 0.3 is 0 Å². The van der Waals surface area contributed by atoms with Crippen LogP contribution < -0.4 is 14.8 Å². The monoisotopic (exact) mass is 386 g/mol. The summed E-state index contributed by atoms with van der Waals surface area (Å²) in [5.74, 6) is 2.88. The Morgan fingerprint density at radius 1 is 0.897 bits per heavy atom. The van der Waals surface area contributed by atoms with E-state index in [1.807, 2.05) is 55.5 Å². The van der Waals surface area contributed by atoms with E-state index < -0.39 is 0 Å². The van der Waals surface area contributed by atoms with Gasteiger partial charge in [0.25, 0.3) is 0 Å². The van der Waals surface area contributed by atoms with Crippen LogP contribution in [0.15, 0.2) is 67.1 Å². The molecule has 1 N–H and O–H groups in total. The SMILES string of the molecule is CCOc1ccc(Oc2cc(CNc3ncnc4ccc(C)cc34)ccn2)cc1. The number of hydrogen-bond acceptors (Lipinski definition) is 6. The van der Waals surface area contributed by atoms with Gasteiger partial charge in [-0.25, -0.2) is 15.0 Å². The molecule has 4 rings (SSSR count). The summed E-state index contributed by atoms with van der Waals surface area (Å²) in [6.07, 6.45) is 3.32. The zero-order valence-corrected chi connectivity index (χ0v) is 16.4. The zero-order chi connectivity index (χ0) is 20.1. The molecule has 29 heavy (non-hydrogen) atoms. The molecule has 2 aromatic carbocycles. The van der Waals surface area contributed by atoms with Gasteiger partial charge in [-0.15, -0.1) is 0 Å². The topological polar surface area (TPSA) is 69.2 Å². The minimum Gasteiger partial charge on any atom is -0.494 e. The normalized spacial score (nSPS) is 10.7. The van der Waals surface area contributed by atoms with Crippen LogP contribution >= 0.6 is 0 Å². The third-order valence-electron chi connectivity index (χ3n) is 4.41. The Balaban J connectivity index is 1.46. The summed E-state index contributed by atoms with van der Waals surface area (Å²) in [6, 6.07) is 17.5. The standard InChI is InChI=1S/C23H22N4O2/c1-3-28-18-5-7-19(8-6-18)29-22-13-17(10-11-24-22)14-25-23-20-12-16(2)4-9-21(20)26-15-27-23/h4-13,15H,3,14H2,1-2H3,(H,25,26,27). The molecule has 6 heteroatoms. The molecule has 0 spiro atoms. The molecule has 0 saturated carbocycles. The first-order valence-corrected chi connectivity index (χ1v) is 9.52. The van der Waals surface area contributed by atoms with E-state index in [0.717, 1.165) is 28.0 Å². The van der Waals surface area contributed by atoms with Gasteiger partial charge in [-0.1, -0.05) is 11.6 Å². The first-order valence-electron chi connectivity index (χ1n) is 9.52. The number of ether oxygens (including phenoxy) is 2. The molecular weight excluding hydrogens is 364 g/mol. The molecule has 0 unspecified atom stereocenters. The minimum atomic E-state index is 0.539. The molecule has 6 nitrogen and oxygen atoms in total. The van der Waals surface area contributed by atoms with E-state index in [0.29, 0.717) is 24.8 Å². The number of benzene rings is 2. The molecule has 0 aliphatic carbocycles. The van der Waals surface area contributed by atoms with E-state index in [4.69, 9.17) is 9.47 Å². The second-order valence-corrected chi connectivity index (χ2v) is 6.61. The van der Waals surface area contributed by atoms with E-state index in [-0.39, 0.29) is 0 Å². The van der Waals surface area contributed by atoms with Crippen LogP contribution in [0.3, 0.4) is 0 Å². The molecule has 0 atom stereocenters. The van der Waals surface area contributed by atoms with Crippen LogP contribution in [0.1, 0.15) is 18.1 Å². The van der Waals surface area contributed by atoms with E-state index >= 15 is 0 Å². The van der Waals surface area contributed by atoms with Gasteiger partial charge in [-0.05, 0) is 61.9 Å². The smallest absolute Gasteiger partial charge is 0.219 e. The first-order chi connectivity index (χ1) is 14.2. The predicted molar refractivity (Wildman–Crippen MR) is 114 cm³/mol. The maximum absolute atomic E-state index is 5.87. The number of aromatic nitrogens is 3. The van der Waals surface area contributed by atoms with Crippen LogP contribution in [0.4, 0.5) is 5.82 Å². The fourth-order valence-corrected chi connectivity index (χ4v) is 3.00. The van der Waals surface area contributed by atoms with E-state index in [1.54, 1.807) is 12.5 Å². The van der Waals surface area contributed by atoms with E-state index in [2.05, 4.69) is 33.3 Å². The van der Waals surface area contributed by atoms with Gasteiger partial charge in [0.2, 0.25) is 5.88 Å². The van der Waals surface area contributed by atoms with Gasteiger partial charge in [-0.2, -0.15) is 0 Å². The number of hydrogen-bond donors (Lipinski definition) is 1. The number of anilines is 1. The van der Waals surface area contributed by atoms with E-state index in [9.17, 15) is 0 Å². The van der Waals surface area contributed by atoms with Crippen molar-refractivity contribution in [1.29, 1.82) is 0 Å². The van der Waals surface area contributed by atoms with Crippen molar-refractivity contribution in [2.75, 3.05) is 11.9 Å². The average molecular weight is 386 g/mol. The summed E-state index contributed by atoms with van der Waals surface area (Å²) in [6.45, 7) is 5.25. The number of nitrogens with zero attached hydrogens (tertiary/aromatic N) is 3. The predicted octanol–water partition coefficient (Wildman–Crippen LogP) is 5.14. The van der Waals surface area contributed by atoms with Gasteiger partial charge in [0.1, 0.15) is 23.6 Å². The van der Waals surface area contributed by atoms with Crippen LogP contribution in [0.25, 0.3) is 10.9 Å². The van der Waals surface area contributed by atoms with Crippen molar-refractivity contribution in [1.82, 2.24) is 15.0 Å². The summed E-state index contributed by atoms with van der Waals surface area (Å²) in [7, 11) is 0. The van der Waals surface area contributed by atoms with Crippen molar-refractivity contribution in [2.45, 2.75) is 20.4 Å². The highest BCUT2D eigenvalue weighted by Gasteiger charge is 2.06. The maximum atomic E-state index is 5.87. The van der Waals surface area contributed by atoms with Crippen LogP contribution in [-0.2, 0) is 6.54 Å². The highest BCUT2D eigenvalue weighted by atomic mass is 16.5. The molecule has 0 aliphatic heterocycles. The molecule has 0 aliphatic rings. The highest BCUT2D eigenvalue weighted by molar-refractivity contribution is 5.89. The Morgan fingerprint density at radius 3 is 2.55 bits per heavy atom. The summed E-state index contributed by atoms with van der Waals surface area (Å²) >= 11 is 0. The molecule has 0 radical (unpaired) electrons. The minimum absolute atomic E-state index is 0.539. The van der Waals surface area contributed by atoms with Crippen molar-refractivity contribution < 1.29 is 9.47 Å². The first kappa shape index (κ1) is 18.7. The van der Waals surface area contributed by atoms with Gasteiger partial charge < -0.3 is 14.8 Å². The molecule has 0 saturated heterocycles. The zero-order valence-electron chi connectivity index (χ0n) is 16.4. The molecule has 0 amide bonds. The number of nitrogens with one attached hydrogen (secondary N) is 1. The molecule has 0 fully saturated rings. The lowest BCUT2D eigenvalue weighted by molar-refractivity contribution is 0.339. The Hall–Kier alpha value is -3.67. The third kappa shape index (κ3) is 4.60. The highest BCUT2D eigenvalue weighted by Crippen LogP contribution is 2.24. The molecule has 146 valence electrons. The maximum Gasteiger partial charge on any atom is 0.219 e. The van der Waals surface area contributed by atoms with Gasteiger partial charge in [-0.3, -0.25) is 0 Å². The fraction of sp³-hybridized carbons (Fsp3) is 0.174. The number of pyridine rings is 1. The summed E-state index contributed by atoms with van der Waals surface area (Å²) in [5.41, 5.74) is 3.13. The number of aryl methyl sites for hydroxylation is 1. The quantitative estimate of drug-likeness (QED) is 0.474. The molecule has 0 bridgehead atoms.